The molecule has 1 amide bonds. The Hall–Kier alpha value is -1.46. The predicted molar refractivity (Wildman–Crippen MR) is 102 cm³/mol. The molecule has 2 aliphatic rings. The maximum Gasteiger partial charge on any atom is 0.225 e. The van der Waals surface area contributed by atoms with Crippen molar-refractivity contribution in [2.75, 3.05) is 5.32 Å². The number of carbonyl (C=O) groups excluding carboxylic acids is 1. The molecule has 5 heteroatoms. The van der Waals surface area contributed by atoms with Crippen molar-refractivity contribution in [3.8, 4) is 0 Å². The Balaban J connectivity index is 1.91. The Morgan fingerprint density at radius 2 is 1.92 bits per heavy atom. The summed E-state index contributed by atoms with van der Waals surface area (Å²) in [5, 5.41) is 5.11. The molecule has 0 radical (unpaired) electrons. The zero-order valence-corrected chi connectivity index (χ0v) is 15.8. The summed E-state index contributed by atoms with van der Waals surface area (Å²) in [6.45, 7) is 0. The molecule has 2 unspecified atom stereocenters. The van der Waals surface area contributed by atoms with Crippen LogP contribution in [0.2, 0.25) is 0 Å². The molecule has 4 rings (SSSR count). The van der Waals surface area contributed by atoms with E-state index in [1.165, 1.54) is 0 Å². The van der Waals surface area contributed by atoms with Crippen molar-refractivity contribution < 1.29 is 9.18 Å². The number of allylic oxidation sites excluding steroid dienone is 4. The van der Waals surface area contributed by atoms with Gasteiger partial charge >= 0.3 is 0 Å². The van der Waals surface area contributed by atoms with E-state index in [1.54, 1.807) is 0 Å². The maximum absolute atomic E-state index is 13.7. The van der Waals surface area contributed by atoms with Crippen LogP contribution in [0.5, 0.6) is 0 Å². The molecular formula is C19H14Br2FNO. The van der Waals surface area contributed by atoms with Crippen LogP contribution in [-0.4, -0.2) is 12.1 Å². The first-order valence-corrected chi connectivity index (χ1v) is 9.35. The minimum absolute atomic E-state index is 0.00669. The lowest BCUT2D eigenvalue weighted by Crippen LogP contribution is -2.24. The van der Waals surface area contributed by atoms with Gasteiger partial charge in [-0.05, 0) is 28.7 Å². The van der Waals surface area contributed by atoms with Gasteiger partial charge in [-0.3, -0.25) is 4.79 Å². The molecule has 0 spiro atoms. The van der Waals surface area contributed by atoms with Crippen LogP contribution in [-0.2, 0) is 4.79 Å². The Morgan fingerprint density at radius 3 is 2.67 bits per heavy atom. The zero-order valence-electron chi connectivity index (χ0n) is 12.7. The monoisotopic (exact) mass is 449 g/mol. The summed E-state index contributed by atoms with van der Waals surface area (Å²) in [5.41, 5.74) is 2.93. The van der Waals surface area contributed by atoms with Gasteiger partial charge in [-0.1, -0.05) is 62.2 Å². The molecule has 24 heavy (non-hydrogen) atoms. The summed E-state index contributed by atoms with van der Waals surface area (Å²) in [6, 6.07) is 10.1. The molecule has 0 aromatic heterocycles. The van der Waals surface area contributed by atoms with Gasteiger partial charge in [0.25, 0.3) is 0 Å². The lowest BCUT2D eigenvalue weighted by molar-refractivity contribution is -0.116. The summed E-state index contributed by atoms with van der Waals surface area (Å²) in [5.74, 6) is -0.0672. The number of fused-ring (bicyclic) bond motifs is 3. The van der Waals surface area contributed by atoms with Crippen LogP contribution < -0.4 is 5.32 Å². The van der Waals surface area contributed by atoms with Gasteiger partial charge in [0, 0.05) is 33.1 Å². The lowest BCUT2D eigenvalue weighted by Gasteiger charge is -2.30. The molecule has 122 valence electrons. The van der Waals surface area contributed by atoms with Gasteiger partial charge in [-0.25, -0.2) is 4.39 Å². The number of nitrogens with one attached hydrogen (secondary N) is 1. The van der Waals surface area contributed by atoms with Crippen LogP contribution in [0.4, 0.5) is 10.1 Å². The minimum atomic E-state index is -0.992. The van der Waals surface area contributed by atoms with Crippen LogP contribution in [0.1, 0.15) is 24.3 Å². The molecule has 1 heterocycles. The van der Waals surface area contributed by atoms with E-state index in [9.17, 15) is 9.18 Å². The summed E-state index contributed by atoms with van der Waals surface area (Å²) >= 11 is 6.95. The van der Waals surface area contributed by atoms with Crippen molar-refractivity contribution >= 4 is 54.2 Å². The minimum Gasteiger partial charge on any atom is -0.325 e. The third kappa shape index (κ3) is 2.64. The van der Waals surface area contributed by atoms with Crippen molar-refractivity contribution in [3.63, 3.8) is 0 Å². The summed E-state index contributed by atoms with van der Waals surface area (Å²) in [7, 11) is 0. The molecular weight excluding hydrogens is 437 g/mol. The molecule has 2 nitrogen and oxygen atoms in total. The number of rotatable bonds is 1. The first-order valence-electron chi connectivity index (χ1n) is 7.77. The van der Waals surface area contributed by atoms with Gasteiger partial charge in [0.15, 0.2) is 0 Å². The van der Waals surface area contributed by atoms with Crippen molar-refractivity contribution in [1.82, 2.24) is 0 Å². The summed E-state index contributed by atoms with van der Waals surface area (Å²) in [4.78, 5) is 12.3. The molecule has 2 aromatic carbocycles. The number of benzene rings is 2. The molecule has 0 saturated heterocycles. The maximum atomic E-state index is 13.7. The predicted octanol–water partition coefficient (Wildman–Crippen LogP) is 5.98. The molecule has 0 saturated carbocycles. The molecule has 2 aromatic rings. The molecule has 0 bridgehead atoms. The second-order valence-electron chi connectivity index (χ2n) is 6.11. The van der Waals surface area contributed by atoms with E-state index in [0.29, 0.717) is 17.3 Å². The fourth-order valence-corrected chi connectivity index (χ4v) is 4.50. The van der Waals surface area contributed by atoms with Crippen LogP contribution in [0.3, 0.4) is 0 Å². The fourth-order valence-electron chi connectivity index (χ4n) is 3.45. The highest BCUT2D eigenvalue weighted by Crippen LogP contribution is 2.45. The number of hydrogen-bond donors (Lipinski definition) is 1. The number of hydrogen-bond acceptors (Lipinski definition) is 1. The van der Waals surface area contributed by atoms with E-state index >= 15 is 0 Å². The van der Waals surface area contributed by atoms with Gasteiger partial charge in [0.1, 0.15) is 6.17 Å². The average molecular weight is 451 g/mol. The second-order valence-corrected chi connectivity index (χ2v) is 7.88. The third-order valence-electron chi connectivity index (χ3n) is 4.62. The highest BCUT2D eigenvalue weighted by molar-refractivity contribution is 9.11. The zero-order chi connectivity index (χ0) is 16.8. The van der Waals surface area contributed by atoms with E-state index in [2.05, 4.69) is 43.2 Å². The van der Waals surface area contributed by atoms with E-state index in [0.717, 1.165) is 32.1 Å². The van der Waals surface area contributed by atoms with Gasteiger partial charge in [-0.15, -0.1) is 0 Å². The molecule has 1 aliphatic heterocycles. The number of anilines is 1. The third-order valence-corrected chi connectivity index (χ3v) is 6.00. The van der Waals surface area contributed by atoms with Crippen LogP contribution in [0.15, 0.2) is 57.0 Å². The van der Waals surface area contributed by atoms with E-state index in [1.807, 2.05) is 36.4 Å². The normalized spacial score (nSPS) is 23.4. The first-order chi connectivity index (χ1) is 11.5. The molecule has 1 N–H and O–H groups in total. The van der Waals surface area contributed by atoms with Crippen LogP contribution in [0, 0.1) is 0 Å². The lowest BCUT2D eigenvalue weighted by atomic mass is 9.81. The highest BCUT2D eigenvalue weighted by atomic mass is 79.9. The van der Waals surface area contributed by atoms with E-state index < -0.39 is 6.17 Å². The van der Waals surface area contributed by atoms with Gasteiger partial charge in [0.2, 0.25) is 5.91 Å². The fraction of sp³-hybridized carbons (Fsp3) is 0.211. The Morgan fingerprint density at radius 1 is 1.17 bits per heavy atom. The Bertz CT molecular complexity index is 919. The first kappa shape index (κ1) is 16.0. The number of amides is 1. The van der Waals surface area contributed by atoms with Crippen molar-refractivity contribution in [1.29, 1.82) is 0 Å². The van der Waals surface area contributed by atoms with Crippen LogP contribution in [0.25, 0.3) is 10.8 Å². The van der Waals surface area contributed by atoms with Crippen molar-refractivity contribution in [2.24, 2.45) is 0 Å². The molecule has 1 aliphatic carbocycles. The largest absolute Gasteiger partial charge is 0.325 e. The van der Waals surface area contributed by atoms with Gasteiger partial charge in [-0.2, -0.15) is 0 Å². The van der Waals surface area contributed by atoms with E-state index in [-0.39, 0.29) is 11.8 Å². The number of carbonyl (C=O) groups is 1. The van der Waals surface area contributed by atoms with Gasteiger partial charge < -0.3 is 5.32 Å². The summed E-state index contributed by atoms with van der Waals surface area (Å²) < 4.78 is 15.3. The summed E-state index contributed by atoms with van der Waals surface area (Å²) in [6.07, 6.45) is 3.45. The number of halogens is 3. The number of alkyl halides is 1. The Kier molecular flexibility index (Phi) is 4.09. The molecule has 0 fully saturated rings. The molecule has 2 atom stereocenters. The van der Waals surface area contributed by atoms with Crippen molar-refractivity contribution in [2.45, 2.75) is 24.9 Å². The van der Waals surface area contributed by atoms with Gasteiger partial charge in [0.05, 0.1) is 5.69 Å². The Labute approximate surface area is 156 Å². The van der Waals surface area contributed by atoms with E-state index in [4.69, 9.17) is 0 Å². The van der Waals surface area contributed by atoms with Crippen LogP contribution >= 0.6 is 31.9 Å². The second kappa shape index (κ2) is 6.12. The standard InChI is InChI=1S/C19H14Br2FNO/c20-15-8-14-13(10-5-6-17(22)16(21)7-10)9-18(24)23-19(14)12-4-2-1-3-11(12)15/h1-5,7-8,13,17H,6,9H2,(H,23,24). The smallest absolute Gasteiger partial charge is 0.225 e. The topological polar surface area (TPSA) is 29.1 Å². The van der Waals surface area contributed by atoms with Crippen molar-refractivity contribution in [3.05, 3.63) is 62.6 Å². The highest BCUT2D eigenvalue weighted by Gasteiger charge is 2.31. The SMILES string of the molecule is O=C1CC(C2=CCC(F)C(Br)=C2)c2cc(Br)c3ccccc3c2N1. The average Bonchev–Trinajstić information content (AvgIpc) is 2.58. The quantitative estimate of drug-likeness (QED) is 0.569.